The van der Waals surface area contributed by atoms with Crippen LogP contribution in [0.4, 0.5) is 4.79 Å². The van der Waals surface area contributed by atoms with E-state index >= 15 is 0 Å². The number of carbonyl (C=O) groups is 3. The Morgan fingerprint density at radius 2 is 1.78 bits per heavy atom. The summed E-state index contributed by atoms with van der Waals surface area (Å²) in [6.07, 6.45) is -7.79. The fourth-order valence-corrected chi connectivity index (χ4v) is 9.22. The second-order valence-corrected chi connectivity index (χ2v) is 17.0. The number of fused-ring (bicyclic) bond motifs is 8. The summed E-state index contributed by atoms with van der Waals surface area (Å²) in [6, 6.07) is 8.20. The Morgan fingerprint density at radius 1 is 1.10 bits per heavy atom. The van der Waals surface area contributed by atoms with Crippen LogP contribution in [-0.4, -0.2) is 99.4 Å². The van der Waals surface area contributed by atoms with E-state index in [-0.39, 0.29) is 25.0 Å². The number of hydrogen-bond acceptors (Lipinski definition) is 12. The second kappa shape index (κ2) is 12.9. The van der Waals surface area contributed by atoms with E-state index in [0.717, 1.165) is 0 Å². The van der Waals surface area contributed by atoms with Gasteiger partial charge in [-0.05, 0) is 36.3 Å². The predicted molar refractivity (Wildman–Crippen MR) is 178 cm³/mol. The summed E-state index contributed by atoms with van der Waals surface area (Å²) < 4.78 is 41.0. The minimum absolute atomic E-state index is 0.0314. The second-order valence-electron chi connectivity index (χ2n) is 14.5. The van der Waals surface area contributed by atoms with Crippen molar-refractivity contribution < 1.29 is 57.8 Å². The highest BCUT2D eigenvalue weighted by molar-refractivity contribution is 6.67. The largest absolute Gasteiger partial charge is 0.508 e. The zero-order chi connectivity index (χ0) is 36.6. The first-order chi connectivity index (χ1) is 23.3. The number of alkyl halides is 3. The number of ether oxygens (including phenoxy) is 7. The van der Waals surface area contributed by atoms with Crippen LogP contribution < -0.4 is 0 Å². The van der Waals surface area contributed by atoms with Crippen molar-refractivity contribution in [1.82, 2.24) is 0 Å². The van der Waals surface area contributed by atoms with Crippen molar-refractivity contribution in [3.05, 3.63) is 59.7 Å². The van der Waals surface area contributed by atoms with E-state index in [1.54, 1.807) is 58.0 Å². The minimum Gasteiger partial charge on any atom is -0.455 e. The summed E-state index contributed by atoms with van der Waals surface area (Å²) in [5, 5.41) is 24.9. The maximum Gasteiger partial charge on any atom is 0.508 e. The number of hydrogen-bond donors (Lipinski definition) is 2. The molecule has 0 aromatic heterocycles. The van der Waals surface area contributed by atoms with Gasteiger partial charge >= 0.3 is 18.1 Å². The van der Waals surface area contributed by atoms with Gasteiger partial charge in [0.25, 0.3) is 0 Å². The van der Waals surface area contributed by atoms with Gasteiger partial charge in [0, 0.05) is 30.6 Å². The molecule has 2 N–H and O–H groups in total. The highest BCUT2D eigenvalue weighted by Gasteiger charge is 2.79. The SMILES string of the molecule is C=CC1OC2C3=C(C)C(O)CC(O)(C(OC(=O)c4ccccc4)C4C5(OC(C)=O)COC5CC(OC(=O)OCC(Cl)(Cl)Cl)[C@@]4(C)C2O1)C3(C)C. The van der Waals surface area contributed by atoms with E-state index in [9.17, 15) is 24.6 Å². The highest BCUT2D eigenvalue weighted by Crippen LogP contribution is 2.67. The average molecular weight is 760 g/mol. The Balaban J connectivity index is 1.62. The molecule has 1 aromatic rings. The lowest BCUT2D eigenvalue weighted by atomic mass is 9.44. The van der Waals surface area contributed by atoms with E-state index in [4.69, 9.17) is 68.0 Å². The molecule has 1 aromatic carbocycles. The lowest BCUT2D eigenvalue weighted by Crippen LogP contribution is -2.82. The van der Waals surface area contributed by atoms with Crippen molar-refractivity contribution in [2.75, 3.05) is 13.2 Å². The maximum absolute atomic E-state index is 14.1. The van der Waals surface area contributed by atoms with Crippen LogP contribution in [0.2, 0.25) is 0 Å². The number of benzene rings is 1. The molecule has 4 fully saturated rings. The van der Waals surface area contributed by atoms with Gasteiger partial charge in [-0.1, -0.05) is 80.4 Å². The molecular weight excluding hydrogens is 719 g/mol. The average Bonchev–Trinajstić information content (AvgIpc) is 3.46. The third-order valence-corrected chi connectivity index (χ3v) is 11.8. The molecule has 2 heterocycles. The molecule has 0 radical (unpaired) electrons. The van der Waals surface area contributed by atoms with Crippen molar-refractivity contribution in [3.63, 3.8) is 0 Å². The quantitative estimate of drug-likeness (QED) is 0.174. The minimum atomic E-state index is -2.04. The summed E-state index contributed by atoms with van der Waals surface area (Å²) in [4.78, 5) is 40.3. The number of aliphatic hydroxyl groups is 2. The molecule has 2 bridgehead atoms. The molecule has 2 aliphatic heterocycles. The Bertz CT molecular complexity index is 1580. The number of carbonyl (C=O) groups excluding carboxylic acids is 3. The first-order valence-electron chi connectivity index (χ1n) is 16.3. The highest BCUT2D eigenvalue weighted by atomic mass is 35.6. The summed E-state index contributed by atoms with van der Waals surface area (Å²) in [5.74, 6) is -2.65. The molecule has 274 valence electrons. The lowest BCUT2D eigenvalue weighted by molar-refractivity contribution is -0.362. The van der Waals surface area contributed by atoms with Crippen molar-refractivity contribution in [2.45, 2.75) is 105 Å². The molecule has 12 nitrogen and oxygen atoms in total. The van der Waals surface area contributed by atoms with Crippen LogP contribution in [0.15, 0.2) is 54.1 Å². The normalized spacial score (nSPS) is 40.0. The molecule has 5 aliphatic rings. The fourth-order valence-electron chi connectivity index (χ4n) is 9.06. The van der Waals surface area contributed by atoms with Crippen LogP contribution in [0, 0.1) is 16.7 Å². The number of halogens is 3. The first-order valence-corrected chi connectivity index (χ1v) is 17.5. The Morgan fingerprint density at radius 3 is 2.36 bits per heavy atom. The summed E-state index contributed by atoms with van der Waals surface area (Å²) in [7, 11) is 0. The summed E-state index contributed by atoms with van der Waals surface area (Å²) >= 11 is 17.5. The van der Waals surface area contributed by atoms with Gasteiger partial charge < -0.3 is 43.4 Å². The molecular formula is C35H41Cl3O12. The molecule has 10 unspecified atom stereocenters. The van der Waals surface area contributed by atoms with Crippen molar-refractivity contribution in [3.8, 4) is 0 Å². The summed E-state index contributed by atoms with van der Waals surface area (Å²) in [5.41, 5.74) is -5.09. The number of aliphatic hydroxyl groups excluding tert-OH is 1. The van der Waals surface area contributed by atoms with Gasteiger partial charge in [0.15, 0.2) is 11.9 Å². The topological polar surface area (TPSA) is 156 Å². The van der Waals surface area contributed by atoms with Crippen LogP contribution in [0.25, 0.3) is 0 Å². The van der Waals surface area contributed by atoms with Crippen LogP contribution in [0.1, 0.15) is 57.8 Å². The zero-order valence-corrected chi connectivity index (χ0v) is 30.5. The van der Waals surface area contributed by atoms with E-state index in [1.807, 2.05) is 0 Å². The van der Waals surface area contributed by atoms with Crippen LogP contribution >= 0.6 is 34.8 Å². The van der Waals surface area contributed by atoms with Crippen LogP contribution in [0.5, 0.6) is 0 Å². The molecule has 0 spiro atoms. The molecule has 2 saturated heterocycles. The van der Waals surface area contributed by atoms with Crippen LogP contribution in [-0.2, 0) is 38.0 Å². The van der Waals surface area contributed by atoms with Gasteiger partial charge in [0.1, 0.15) is 42.7 Å². The first kappa shape index (κ1) is 37.3. The monoisotopic (exact) mass is 758 g/mol. The third-order valence-electron chi connectivity index (χ3n) is 11.4. The van der Waals surface area contributed by atoms with E-state index < -0.39 is 99.4 Å². The molecule has 6 rings (SSSR count). The molecule has 50 heavy (non-hydrogen) atoms. The zero-order valence-electron chi connectivity index (χ0n) is 28.2. The lowest BCUT2D eigenvalue weighted by Gasteiger charge is -2.69. The van der Waals surface area contributed by atoms with Gasteiger partial charge in [-0.15, -0.1) is 0 Å². The third kappa shape index (κ3) is 5.84. The van der Waals surface area contributed by atoms with Crippen molar-refractivity contribution >= 4 is 52.9 Å². The molecule has 0 amide bonds. The summed E-state index contributed by atoms with van der Waals surface area (Å²) in [6.45, 7) is 11.4. The van der Waals surface area contributed by atoms with E-state index in [1.165, 1.54) is 13.0 Å². The number of rotatable bonds is 6. The van der Waals surface area contributed by atoms with E-state index in [0.29, 0.717) is 11.1 Å². The Kier molecular flexibility index (Phi) is 9.64. The Hall–Kier alpha value is -2.42. The van der Waals surface area contributed by atoms with E-state index in [2.05, 4.69) is 6.58 Å². The van der Waals surface area contributed by atoms with Crippen LogP contribution in [0.3, 0.4) is 0 Å². The molecule has 11 atom stereocenters. The fraction of sp³-hybridized carbons (Fsp3) is 0.629. The molecule has 3 aliphatic carbocycles. The van der Waals surface area contributed by atoms with Crippen molar-refractivity contribution in [2.24, 2.45) is 16.7 Å². The van der Waals surface area contributed by atoms with Gasteiger partial charge in [0.05, 0.1) is 24.2 Å². The predicted octanol–water partition coefficient (Wildman–Crippen LogP) is 4.98. The smallest absolute Gasteiger partial charge is 0.455 e. The molecule has 15 heteroatoms. The maximum atomic E-state index is 14.1. The molecule has 2 saturated carbocycles. The number of esters is 2. The van der Waals surface area contributed by atoms with Gasteiger partial charge in [-0.3, -0.25) is 4.79 Å². The standard InChI is InChI=1S/C35H41Cl3O12/c1-7-23-47-25-24-17(2)20(40)14-34(43,31(24,4)5)28(49-29(41)19-11-9-8-10-12-19)26-32(6,27(25)48-23)21(46-30(42)45-16-35(36,37)38)13-22-33(26,15-44-22)50-18(3)39/h7-12,20-23,25-28,40,43H,1,13-16H2,2-6H3/t20?,21?,22?,23?,25?,26?,27?,28?,32-,33?,34?/m1/s1. The van der Waals surface area contributed by atoms with Gasteiger partial charge in [0.2, 0.25) is 3.79 Å². The van der Waals surface area contributed by atoms with Gasteiger partial charge in [-0.25, -0.2) is 9.59 Å². The van der Waals surface area contributed by atoms with Gasteiger partial charge in [-0.2, -0.15) is 0 Å². The Labute approximate surface area is 304 Å². The van der Waals surface area contributed by atoms with Crippen molar-refractivity contribution in [1.29, 1.82) is 0 Å².